The molecule has 8 heteroatoms. The summed E-state index contributed by atoms with van der Waals surface area (Å²) in [5, 5.41) is 2.89. The molecule has 0 aliphatic heterocycles. The van der Waals surface area contributed by atoms with Crippen LogP contribution in [-0.4, -0.2) is 59.9 Å². The first-order valence-corrected chi connectivity index (χ1v) is 9.76. The highest BCUT2D eigenvalue weighted by Gasteiger charge is 2.17. The molecule has 1 aromatic rings. The number of hydrogen-bond donors (Lipinski definition) is 1. The molecule has 0 atom stereocenters. The summed E-state index contributed by atoms with van der Waals surface area (Å²) in [7, 11) is 1.52. The van der Waals surface area contributed by atoms with Crippen LogP contribution in [-0.2, 0) is 14.6 Å². The first-order valence-electron chi connectivity index (χ1n) is 7.87. The van der Waals surface area contributed by atoms with Gasteiger partial charge in [0.05, 0.1) is 12.7 Å². The van der Waals surface area contributed by atoms with Gasteiger partial charge in [0, 0.05) is 19.8 Å². The minimum absolute atomic E-state index is 0.131. The van der Waals surface area contributed by atoms with E-state index in [1.165, 1.54) is 25.7 Å². The van der Waals surface area contributed by atoms with Crippen molar-refractivity contribution in [2.24, 2.45) is 0 Å². The molecule has 0 aliphatic carbocycles. The highest BCUT2D eigenvalue weighted by atomic mass is 32.2. The summed E-state index contributed by atoms with van der Waals surface area (Å²) in [6.45, 7) is 6.00. The largest absolute Gasteiger partial charge is 0.465 e. The standard InChI is InChI=1S/C12H18N2O4S.C4H11N/c1-5-6-14(2)10-7-9(12(15)18-3)8-11(13-10)19(4,16)17;1-3-4-5-2/h7-8H,5-6H2,1-4H3;5H,3-4H2,1-2H3. The van der Waals surface area contributed by atoms with E-state index in [1.807, 2.05) is 14.0 Å². The van der Waals surface area contributed by atoms with E-state index in [2.05, 4.69) is 22.0 Å². The average molecular weight is 359 g/mol. The lowest BCUT2D eigenvalue weighted by Crippen LogP contribution is -2.21. The highest BCUT2D eigenvalue weighted by molar-refractivity contribution is 7.90. The predicted octanol–water partition coefficient (Wildman–Crippen LogP) is 1.73. The molecule has 1 heterocycles. The van der Waals surface area contributed by atoms with Crippen LogP contribution in [0.5, 0.6) is 0 Å². The van der Waals surface area contributed by atoms with E-state index in [-0.39, 0.29) is 10.6 Å². The number of ether oxygens (including phenoxy) is 1. The van der Waals surface area contributed by atoms with E-state index in [1.54, 1.807) is 11.9 Å². The summed E-state index contributed by atoms with van der Waals surface area (Å²) in [4.78, 5) is 17.4. The third kappa shape index (κ3) is 7.74. The SMILES string of the molecule is CCCN(C)c1cc(C(=O)OC)cc(S(C)(=O)=O)n1.CCCNC. The molecule has 0 radical (unpaired) electrons. The van der Waals surface area contributed by atoms with Crippen LogP contribution in [0.4, 0.5) is 5.82 Å². The number of methoxy groups -OCH3 is 1. The fraction of sp³-hybridized carbons (Fsp3) is 0.625. The van der Waals surface area contributed by atoms with Crippen LogP contribution in [0.1, 0.15) is 37.0 Å². The Labute approximate surface area is 145 Å². The maximum atomic E-state index is 11.6. The molecule has 0 bridgehead atoms. The number of pyridine rings is 1. The Balaban J connectivity index is 0.000000922. The van der Waals surface area contributed by atoms with E-state index < -0.39 is 15.8 Å². The Kier molecular flexibility index (Phi) is 10.2. The van der Waals surface area contributed by atoms with Gasteiger partial charge in [-0.05, 0) is 38.6 Å². The number of sulfone groups is 1. The van der Waals surface area contributed by atoms with Gasteiger partial charge in [0.25, 0.3) is 0 Å². The van der Waals surface area contributed by atoms with Gasteiger partial charge in [-0.3, -0.25) is 0 Å². The van der Waals surface area contributed by atoms with E-state index in [0.29, 0.717) is 12.4 Å². The van der Waals surface area contributed by atoms with Crippen LogP contribution < -0.4 is 10.2 Å². The van der Waals surface area contributed by atoms with Crippen molar-refractivity contribution in [3.05, 3.63) is 17.7 Å². The molecule has 1 aromatic heterocycles. The Morgan fingerprint density at radius 3 is 2.29 bits per heavy atom. The molecule has 0 spiro atoms. The predicted molar refractivity (Wildman–Crippen MR) is 96.5 cm³/mol. The summed E-state index contributed by atoms with van der Waals surface area (Å²) in [5.41, 5.74) is 0.177. The molecule has 0 unspecified atom stereocenters. The molecule has 24 heavy (non-hydrogen) atoms. The van der Waals surface area contributed by atoms with Crippen molar-refractivity contribution in [2.45, 2.75) is 31.7 Å². The number of esters is 1. The molecule has 0 amide bonds. The Morgan fingerprint density at radius 1 is 1.29 bits per heavy atom. The van der Waals surface area contributed by atoms with Gasteiger partial charge in [-0.15, -0.1) is 0 Å². The molecule has 1 rings (SSSR count). The van der Waals surface area contributed by atoms with Crippen LogP contribution in [0.3, 0.4) is 0 Å². The van der Waals surface area contributed by atoms with Crippen LogP contribution in [0.15, 0.2) is 17.2 Å². The summed E-state index contributed by atoms with van der Waals surface area (Å²) in [6.07, 6.45) is 3.17. The van der Waals surface area contributed by atoms with Crippen molar-refractivity contribution in [2.75, 3.05) is 45.5 Å². The van der Waals surface area contributed by atoms with Gasteiger partial charge < -0.3 is 15.0 Å². The minimum atomic E-state index is -3.48. The number of carbonyl (C=O) groups excluding carboxylic acids is 1. The Morgan fingerprint density at radius 2 is 1.92 bits per heavy atom. The average Bonchev–Trinajstić information content (AvgIpc) is 2.54. The van der Waals surface area contributed by atoms with Gasteiger partial charge in [0.1, 0.15) is 5.82 Å². The number of carbonyl (C=O) groups is 1. The fourth-order valence-corrected chi connectivity index (χ4v) is 2.41. The second-order valence-corrected chi connectivity index (χ2v) is 7.30. The molecule has 0 aromatic carbocycles. The zero-order valence-corrected chi connectivity index (χ0v) is 16.2. The molecule has 138 valence electrons. The molecule has 7 nitrogen and oxygen atoms in total. The van der Waals surface area contributed by atoms with Crippen molar-refractivity contribution < 1.29 is 17.9 Å². The smallest absolute Gasteiger partial charge is 0.338 e. The van der Waals surface area contributed by atoms with Gasteiger partial charge in [0.15, 0.2) is 14.9 Å². The van der Waals surface area contributed by atoms with Crippen molar-refractivity contribution in [1.29, 1.82) is 0 Å². The van der Waals surface area contributed by atoms with Gasteiger partial charge in [-0.1, -0.05) is 13.8 Å². The van der Waals surface area contributed by atoms with Gasteiger partial charge in [-0.25, -0.2) is 18.2 Å². The summed E-state index contributed by atoms with van der Waals surface area (Å²) in [5.74, 6) is -0.149. The maximum absolute atomic E-state index is 11.6. The van der Waals surface area contributed by atoms with Crippen LogP contribution in [0, 0.1) is 0 Å². The highest BCUT2D eigenvalue weighted by Crippen LogP contribution is 2.18. The van der Waals surface area contributed by atoms with E-state index in [0.717, 1.165) is 19.2 Å². The number of nitrogens with one attached hydrogen (secondary N) is 1. The molecule has 0 aliphatic rings. The number of rotatable bonds is 7. The second-order valence-electron chi connectivity index (χ2n) is 5.34. The van der Waals surface area contributed by atoms with Crippen LogP contribution >= 0.6 is 0 Å². The number of anilines is 1. The first kappa shape index (κ1) is 22.3. The van der Waals surface area contributed by atoms with Gasteiger partial charge in [-0.2, -0.15) is 0 Å². The Hall–Kier alpha value is -1.67. The number of hydrogen-bond acceptors (Lipinski definition) is 7. The zero-order valence-electron chi connectivity index (χ0n) is 15.4. The molecule has 0 saturated heterocycles. The monoisotopic (exact) mass is 359 g/mol. The third-order valence-electron chi connectivity index (χ3n) is 3.04. The topological polar surface area (TPSA) is 88.6 Å². The quantitative estimate of drug-likeness (QED) is 0.742. The summed E-state index contributed by atoms with van der Waals surface area (Å²) in [6, 6.07) is 2.75. The Bertz CT molecular complexity index is 616. The fourth-order valence-electron chi connectivity index (χ4n) is 1.81. The molecule has 0 fully saturated rings. The van der Waals surface area contributed by atoms with E-state index in [4.69, 9.17) is 0 Å². The zero-order chi connectivity index (χ0) is 18.8. The normalized spacial score (nSPS) is 10.6. The maximum Gasteiger partial charge on any atom is 0.338 e. The van der Waals surface area contributed by atoms with Crippen molar-refractivity contribution in [1.82, 2.24) is 10.3 Å². The first-order chi connectivity index (χ1) is 11.2. The lowest BCUT2D eigenvalue weighted by atomic mass is 10.2. The number of aromatic nitrogens is 1. The summed E-state index contributed by atoms with van der Waals surface area (Å²) >= 11 is 0. The lowest BCUT2D eigenvalue weighted by molar-refractivity contribution is 0.0600. The van der Waals surface area contributed by atoms with E-state index in [9.17, 15) is 13.2 Å². The molecular formula is C16H29N3O4S. The second kappa shape index (κ2) is 11.0. The molecular weight excluding hydrogens is 330 g/mol. The number of nitrogens with zero attached hydrogens (tertiary/aromatic N) is 2. The van der Waals surface area contributed by atoms with Crippen molar-refractivity contribution in [3.63, 3.8) is 0 Å². The van der Waals surface area contributed by atoms with Crippen molar-refractivity contribution in [3.8, 4) is 0 Å². The minimum Gasteiger partial charge on any atom is -0.465 e. The van der Waals surface area contributed by atoms with Gasteiger partial charge >= 0.3 is 5.97 Å². The molecule has 0 saturated carbocycles. The van der Waals surface area contributed by atoms with E-state index >= 15 is 0 Å². The van der Waals surface area contributed by atoms with Gasteiger partial charge in [0.2, 0.25) is 0 Å². The third-order valence-corrected chi connectivity index (χ3v) is 4.01. The van der Waals surface area contributed by atoms with Crippen LogP contribution in [0.2, 0.25) is 0 Å². The molecule has 1 N–H and O–H groups in total. The van der Waals surface area contributed by atoms with Crippen LogP contribution in [0.25, 0.3) is 0 Å². The van der Waals surface area contributed by atoms with Crippen molar-refractivity contribution >= 4 is 21.6 Å². The summed E-state index contributed by atoms with van der Waals surface area (Å²) < 4.78 is 27.8. The lowest BCUT2D eigenvalue weighted by Gasteiger charge is -2.18.